The van der Waals surface area contributed by atoms with E-state index in [-0.39, 0.29) is 30.2 Å². The van der Waals surface area contributed by atoms with Gasteiger partial charge in [0.2, 0.25) is 5.91 Å². The molecule has 2 aromatic carbocycles. The number of hydrogen-bond donors (Lipinski definition) is 2. The molecule has 2 N–H and O–H groups in total. The highest BCUT2D eigenvalue weighted by Gasteiger charge is 2.42. The number of aromatic nitrogens is 1. The van der Waals surface area contributed by atoms with Crippen molar-refractivity contribution < 1.29 is 29.0 Å². The minimum Gasteiger partial charge on any atom is -0.493 e. The highest BCUT2D eigenvalue weighted by Crippen LogP contribution is 2.48. The fourth-order valence-electron chi connectivity index (χ4n) is 5.13. The van der Waals surface area contributed by atoms with Crippen LogP contribution in [0.2, 0.25) is 0 Å². The lowest BCUT2D eigenvalue weighted by Crippen LogP contribution is -2.33. The molecule has 3 aromatic rings. The van der Waals surface area contributed by atoms with Gasteiger partial charge >= 0.3 is 5.97 Å². The van der Waals surface area contributed by atoms with E-state index in [0.717, 1.165) is 27.7 Å². The molecule has 36 heavy (non-hydrogen) atoms. The second-order valence-electron chi connectivity index (χ2n) is 9.24. The minimum absolute atomic E-state index is 0.168. The van der Waals surface area contributed by atoms with Crippen molar-refractivity contribution in [3.63, 3.8) is 0 Å². The van der Waals surface area contributed by atoms with Crippen LogP contribution in [-0.4, -0.2) is 52.6 Å². The summed E-state index contributed by atoms with van der Waals surface area (Å²) in [6.07, 6.45) is 2.08. The van der Waals surface area contributed by atoms with E-state index in [9.17, 15) is 14.4 Å². The van der Waals surface area contributed by atoms with Gasteiger partial charge in [0.15, 0.2) is 18.1 Å². The maximum Gasteiger partial charge on any atom is 0.341 e. The lowest BCUT2D eigenvalue weighted by Gasteiger charge is -2.21. The van der Waals surface area contributed by atoms with Crippen LogP contribution in [0.5, 0.6) is 11.5 Å². The molecule has 1 unspecified atom stereocenters. The number of carboxylic acids is 1. The number of benzene rings is 2. The van der Waals surface area contributed by atoms with Gasteiger partial charge in [-0.15, -0.1) is 0 Å². The fraction of sp³-hybridized carbons (Fsp3) is 0.296. The van der Waals surface area contributed by atoms with E-state index in [2.05, 4.69) is 36.0 Å². The van der Waals surface area contributed by atoms with Crippen LogP contribution in [0.1, 0.15) is 43.9 Å². The number of carboxylic acid groups (broad SMARTS) is 1. The van der Waals surface area contributed by atoms with Crippen LogP contribution in [0.3, 0.4) is 0 Å². The number of aliphatic carboxylic acids is 1. The van der Waals surface area contributed by atoms with E-state index in [1.165, 1.54) is 18.9 Å². The normalized spacial score (nSPS) is 16.8. The van der Waals surface area contributed by atoms with Crippen molar-refractivity contribution in [3.8, 4) is 11.5 Å². The molecule has 0 saturated carbocycles. The summed E-state index contributed by atoms with van der Waals surface area (Å²) in [6.45, 7) is 5.25. The summed E-state index contributed by atoms with van der Waals surface area (Å²) in [7, 11) is 1.48. The number of methoxy groups -OCH3 is 1. The summed E-state index contributed by atoms with van der Waals surface area (Å²) < 4.78 is 13.1. The standard InChI is InChI=1S/C27H27N3O6/c1-14(2)29-11-17-24(16-8-9-21(22(10-16)35-4)36-13-23(32)33)26-19(12-30(15(3)31)27(26)34)28-18-6-5-7-20(29)25(17)18/h5-11,14,24,28H,12-13H2,1-4H3,(H,32,33). The lowest BCUT2D eigenvalue weighted by atomic mass is 9.84. The predicted molar refractivity (Wildman–Crippen MR) is 133 cm³/mol. The third-order valence-electron chi connectivity index (χ3n) is 6.70. The highest BCUT2D eigenvalue weighted by atomic mass is 16.5. The SMILES string of the molecule is COc1cc(C2C3=C(CN(C(C)=O)C3=O)Nc3cccc4c3c2cn4C(C)C)ccc1OCC(=O)O. The number of nitrogens with one attached hydrogen (secondary N) is 1. The second-order valence-corrected chi connectivity index (χ2v) is 9.24. The molecule has 0 spiro atoms. The Kier molecular flexibility index (Phi) is 5.70. The fourth-order valence-corrected chi connectivity index (χ4v) is 5.13. The van der Waals surface area contributed by atoms with Gasteiger partial charge in [-0.3, -0.25) is 14.5 Å². The molecule has 0 aliphatic carbocycles. The summed E-state index contributed by atoms with van der Waals surface area (Å²) >= 11 is 0. The molecular formula is C27H27N3O6. The maximum absolute atomic E-state index is 13.6. The quantitative estimate of drug-likeness (QED) is 0.540. The molecule has 2 aliphatic rings. The lowest BCUT2D eigenvalue weighted by molar-refractivity contribution is -0.140. The Labute approximate surface area is 207 Å². The Hall–Kier alpha value is -4.27. The van der Waals surface area contributed by atoms with Crippen molar-refractivity contribution >= 4 is 34.4 Å². The first-order chi connectivity index (χ1) is 17.2. The Morgan fingerprint density at radius 2 is 1.97 bits per heavy atom. The van der Waals surface area contributed by atoms with E-state index in [1.807, 2.05) is 18.2 Å². The molecule has 0 saturated heterocycles. The van der Waals surface area contributed by atoms with E-state index >= 15 is 0 Å². The Morgan fingerprint density at radius 3 is 2.64 bits per heavy atom. The third kappa shape index (κ3) is 3.67. The second kappa shape index (κ2) is 8.75. The van der Waals surface area contributed by atoms with E-state index in [1.54, 1.807) is 12.1 Å². The number of rotatable bonds is 6. The van der Waals surface area contributed by atoms with Crippen LogP contribution < -0.4 is 14.8 Å². The van der Waals surface area contributed by atoms with Gasteiger partial charge in [0, 0.05) is 41.9 Å². The number of hydrogen-bond acceptors (Lipinski definition) is 6. The third-order valence-corrected chi connectivity index (χ3v) is 6.70. The van der Waals surface area contributed by atoms with Gasteiger partial charge in [0.25, 0.3) is 5.91 Å². The zero-order valence-electron chi connectivity index (χ0n) is 20.5. The molecule has 0 bridgehead atoms. The number of carbonyl (C=O) groups excluding carboxylic acids is 2. The molecular weight excluding hydrogens is 462 g/mol. The molecule has 9 heteroatoms. The van der Waals surface area contributed by atoms with Crippen LogP contribution in [-0.2, 0) is 14.4 Å². The summed E-state index contributed by atoms with van der Waals surface area (Å²) in [5.74, 6) is -1.59. The van der Waals surface area contributed by atoms with Gasteiger partial charge in [-0.2, -0.15) is 0 Å². The largest absolute Gasteiger partial charge is 0.493 e. The van der Waals surface area contributed by atoms with Crippen LogP contribution in [0, 0.1) is 0 Å². The first kappa shape index (κ1) is 23.5. The Bertz CT molecular complexity index is 1450. The molecule has 9 nitrogen and oxygen atoms in total. The van der Waals surface area contributed by atoms with Crippen molar-refractivity contribution in [2.45, 2.75) is 32.7 Å². The number of carbonyl (C=O) groups is 3. The molecule has 3 heterocycles. The number of amides is 2. The van der Waals surface area contributed by atoms with Crippen molar-refractivity contribution in [2.75, 3.05) is 25.6 Å². The maximum atomic E-state index is 13.6. The zero-order valence-corrected chi connectivity index (χ0v) is 20.5. The van der Waals surface area contributed by atoms with Gasteiger partial charge in [-0.1, -0.05) is 12.1 Å². The Balaban J connectivity index is 1.74. The zero-order chi connectivity index (χ0) is 25.7. The van der Waals surface area contributed by atoms with Crippen LogP contribution >= 0.6 is 0 Å². The van der Waals surface area contributed by atoms with Gasteiger partial charge < -0.3 is 24.5 Å². The summed E-state index contributed by atoms with van der Waals surface area (Å²) in [4.78, 5) is 38.1. The predicted octanol–water partition coefficient (Wildman–Crippen LogP) is 3.89. The molecule has 0 fully saturated rings. The van der Waals surface area contributed by atoms with Crippen LogP contribution in [0.15, 0.2) is 53.9 Å². The highest BCUT2D eigenvalue weighted by molar-refractivity contribution is 6.11. The minimum atomic E-state index is -1.10. The number of imide groups is 1. The first-order valence-corrected chi connectivity index (χ1v) is 11.7. The molecule has 186 valence electrons. The molecule has 5 rings (SSSR count). The summed E-state index contributed by atoms with van der Waals surface area (Å²) in [5, 5.41) is 13.5. The molecule has 0 radical (unpaired) electrons. The van der Waals surface area contributed by atoms with Gasteiger partial charge in [0.05, 0.1) is 24.7 Å². The smallest absolute Gasteiger partial charge is 0.341 e. The average Bonchev–Trinajstić information content (AvgIpc) is 3.33. The van der Waals surface area contributed by atoms with Crippen molar-refractivity contribution in [1.29, 1.82) is 0 Å². The van der Waals surface area contributed by atoms with Gasteiger partial charge in [-0.25, -0.2) is 4.79 Å². The molecule has 2 amide bonds. The molecule has 1 atom stereocenters. The van der Waals surface area contributed by atoms with Crippen molar-refractivity contribution in [2.24, 2.45) is 0 Å². The van der Waals surface area contributed by atoms with Crippen molar-refractivity contribution in [3.05, 3.63) is 65.0 Å². The number of ether oxygens (including phenoxy) is 2. The molecule has 2 aliphatic heterocycles. The Morgan fingerprint density at radius 1 is 1.19 bits per heavy atom. The van der Waals surface area contributed by atoms with Crippen LogP contribution in [0.25, 0.3) is 10.9 Å². The topological polar surface area (TPSA) is 110 Å². The van der Waals surface area contributed by atoms with Crippen molar-refractivity contribution in [1.82, 2.24) is 9.47 Å². The monoisotopic (exact) mass is 489 g/mol. The van der Waals surface area contributed by atoms with E-state index in [0.29, 0.717) is 17.0 Å². The molecule has 1 aromatic heterocycles. The van der Waals surface area contributed by atoms with Gasteiger partial charge in [-0.05, 0) is 49.2 Å². The van der Waals surface area contributed by atoms with E-state index in [4.69, 9.17) is 14.6 Å². The average molecular weight is 490 g/mol. The summed E-state index contributed by atoms with van der Waals surface area (Å²) in [6, 6.07) is 11.4. The number of anilines is 1. The van der Waals surface area contributed by atoms with E-state index < -0.39 is 18.5 Å². The van der Waals surface area contributed by atoms with Crippen LogP contribution in [0.4, 0.5) is 5.69 Å². The number of nitrogens with zero attached hydrogens (tertiary/aromatic N) is 2. The van der Waals surface area contributed by atoms with Gasteiger partial charge in [0.1, 0.15) is 0 Å². The first-order valence-electron chi connectivity index (χ1n) is 11.7. The summed E-state index contributed by atoms with van der Waals surface area (Å²) in [5.41, 5.74) is 4.81.